The fourth-order valence-corrected chi connectivity index (χ4v) is 4.55. The van der Waals surface area contributed by atoms with Crippen molar-refractivity contribution in [2.45, 2.75) is 13.1 Å². The van der Waals surface area contributed by atoms with E-state index < -0.39 is 11.2 Å². The van der Waals surface area contributed by atoms with Crippen LogP contribution in [0.3, 0.4) is 0 Å². The molecule has 0 radical (unpaired) electrons. The van der Waals surface area contributed by atoms with Gasteiger partial charge in [-0.1, -0.05) is 41.4 Å². The first-order chi connectivity index (χ1) is 17.3. The van der Waals surface area contributed by atoms with E-state index in [4.69, 9.17) is 32.7 Å². The van der Waals surface area contributed by atoms with Gasteiger partial charge in [0.25, 0.3) is 5.56 Å². The van der Waals surface area contributed by atoms with Crippen molar-refractivity contribution in [1.29, 1.82) is 0 Å². The minimum atomic E-state index is -0.472. The number of aryl methyl sites for hydroxylation is 1. The Bertz CT molecular complexity index is 1540. The van der Waals surface area contributed by atoms with Crippen LogP contribution in [0.25, 0.3) is 11.2 Å². The first-order valence-corrected chi connectivity index (χ1v) is 12.2. The molecule has 1 aliphatic heterocycles. The minimum absolute atomic E-state index is 0.156. The topological polar surface area (TPSA) is 83.5 Å². The number of halogens is 2. The van der Waals surface area contributed by atoms with Gasteiger partial charge >= 0.3 is 11.7 Å². The Morgan fingerprint density at radius 1 is 0.944 bits per heavy atom. The zero-order valence-corrected chi connectivity index (χ0v) is 21.4. The van der Waals surface area contributed by atoms with Crippen LogP contribution in [0.1, 0.15) is 11.1 Å². The minimum Gasteiger partial charge on any atom is -0.424 e. The van der Waals surface area contributed by atoms with E-state index in [0.29, 0.717) is 29.0 Å². The fourth-order valence-electron chi connectivity index (χ4n) is 4.26. The summed E-state index contributed by atoms with van der Waals surface area (Å²) in [5.41, 5.74) is 1.46. The van der Waals surface area contributed by atoms with E-state index in [0.717, 1.165) is 35.3 Å². The smallest absolute Gasteiger partial charge is 0.332 e. The monoisotopic (exact) mass is 529 g/mol. The van der Waals surface area contributed by atoms with Crippen LogP contribution in [0.4, 0.5) is 0 Å². The summed E-state index contributed by atoms with van der Waals surface area (Å²) < 4.78 is 15.7. The maximum Gasteiger partial charge on any atom is 0.332 e. The summed E-state index contributed by atoms with van der Waals surface area (Å²) in [4.78, 5) is 32.5. The fraction of sp³-hybridized carbons (Fsp3) is 0.320. The number of hydrogen-bond acceptors (Lipinski definition) is 6. The van der Waals surface area contributed by atoms with Crippen LogP contribution >= 0.6 is 23.2 Å². The number of imidazole rings is 1. The summed E-state index contributed by atoms with van der Waals surface area (Å²) in [6, 6.07) is 13.0. The molecule has 4 aromatic rings. The summed E-state index contributed by atoms with van der Waals surface area (Å²) >= 11 is 12.6. The number of aromatic nitrogens is 4. The van der Waals surface area contributed by atoms with Crippen molar-refractivity contribution in [3.8, 4) is 11.8 Å². The number of rotatable bonds is 6. The molecular weight excluding hydrogens is 505 g/mol. The summed E-state index contributed by atoms with van der Waals surface area (Å²) in [7, 11) is 3.01. The lowest BCUT2D eigenvalue weighted by molar-refractivity contribution is 0.0342. The van der Waals surface area contributed by atoms with E-state index in [1.165, 1.54) is 11.6 Å². The Labute approximate surface area is 217 Å². The number of benzene rings is 2. The maximum absolute atomic E-state index is 13.1. The first kappa shape index (κ1) is 24.6. The molecule has 5 rings (SSSR count). The van der Waals surface area contributed by atoms with E-state index in [1.807, 2.05) is 24.3 Å². The summed E-state index contributed by atoms with van der Waals surface area (Å²) in [6.45, 7) is 4.13. The van der Waals surface area contributed by atoms with Crippen LogP contribution in [0.15, 0.2) is 52.1 Å². The molecule has 9 nitrogen and oxygen atoms in total. The van der Waals surface area contributed by atoms with Gasteiger partial charge in [0, 0.05) is 38.8 Å². The third-order valence-electron chi connectivity index (χ3n) is 6.27. The van der Waals surface area contributed by atoms with Gasteiger partial charge in [0.1, 0.15) is 5.75 Å². The molecule has 2 aromatic heterocycles. The van der Waals surface area contributed by atoms with E-state index >= 15 is 0 Å². The van der Waals surface area contributed by atoms with Gasteiger partial charge in [-0.05, 0) is 35.4 Å². The average Bonchev–Trinajstić information content (AvgIpc) is 3.23. The molecule has 3 heterocycles. The Morgan fingerprint density at radius 3 is 2.36 bits per heavy atom. The lowest BCUT2D eigenvalue weighted by Gasteiger charge is -2.26. The third kappa shape index (κ3) is 4.79. The summed E-state index contributed by atoms with van der Waals surface area (Å²) in [5, 5.41) is 1.01. The van der Waals surface area contributed by atoms with Gasteiger partial charge in [-0.15, -0.1) is 0 Å². The highest BCUT2D eigenvalue weighted by atomic mass is 35.5. The Kier molecular flexibility index (Phi) is 6.90. The molecule has 0 amide bonds. The van der Waals surface area contributed by atoms with Gasteiger partial charge in [-0.2, -0.15) is 4.98 Å². The highest BCUT2D eigenvalue weighted by Crippen LogP contribution is 2.32. The second-order valence-electron chi connectivity index (χ2n) is 8.74. The summed E-state index contributed by atoms with van der Waals surface area (Å²) in [5.74, 6) is 0.414. The van der Waals surface area contributed by atoms with E-state index in [-0.39, 0.29) is 23.7 Å². The van der Waals surface area contributed by atoms with E-state index in [2.05, 4.69) is 9.88 Å². The molecular formula is C25H25Cl2N5O4. The standard InChI is InChI=1S/C25H25Cl2N5O4/c1-29-22-21(23(33)30(2)25(29)34)32(15-16-3-6-18(26)7-4-16)24(28-22)36-20-13-17(5-8-19(20)27)14-31-9-11-35-12-10-31/h3-8,13H,9-12,14-15H2,1-2H3. The molecule has 0 atom stereocenters. The Hall–Kier alpha value is -3.11. The van der Waals surface area contributed by atoms with Gasteiger partial charge in [0.05, 0.1) is 24.8 Å². The van der Waals surface area contributed by atoms with Crippen molar-refractivity contribution in [1.82, 2.24) is 23.6 Å². The molecule has 0 aliphatic carbocycles. The highest BCUT2D eigenvalue weighted by Gasteiger charge is 2.22. The molecule has 188 valence electrons. The molecule has 0 bridgehead atoms. The van der Waals surface area contributed by atoms with Gasteiger partial charge < -0.3 is 9.47 Å². The van der Waals surface area contributed by atoms with E-state index in [1.54, 1.807) is 29.8 Å². The van der Waals surface area contributed by atoms with Crippen molar-refractivity contribution >= 4 is 34.4 Å². The molecule has 1 aliphatic rings. The van der Waals surface area contributed by atoms with Crippen molar-refractivity contribution < 1.29 is 9.47 Å². The zero-order valence-electron chi connectivity index (χ0n) is 19.9. The van der Waals surface area contributed by atoms with Crippen LogP contribution in [-0.2, 0) is 31.9 Å². The van der Waals surface area contributed by atoms with Gasteiger partial charge in [-0.25, -0.2) is 4.79 Å². The number of fused-ring (bicyclic) bond motifs is 1. The first-order valence-electron chi connectivity index (χ1n) is 11.5. The lowest BCUT2D eigenvalue weighted by Crippen LogP contribution is -2.37. The average molecular weight is 530 g/mol. The van der Waals surface area contributed by atoms with Crippen molar-refractivity contribution in [2.75, 3.05) is 26.3 Å². The SMILES string of the molecule is Cn1c(=O)c2c(nc(Oc3cc(CN4CCOCC4)ccc3Cl)n2Cc2ccc(Cl)cc2)n(C)c1=O. The number of morpholine rings is 1. The largest absolute Gasteiger partial charge is 0.424 e. The second-order valence-corrected chi connectivity index (χ2v) is 9.58. The van der Waals surface area contributed by atoms with Crippen LogP contribution in [0, 0.1) is 0 Å². The van der Waals surface area contributed by atoms with Gasteiger partial charge in [0.15, 0.2) is 11.2 Å². The van der Waals surface area contributed by atoms with Crippen LogP contribution in [0.5, 0.6) is 11.8 Å². The van der Waals surface area contributed by atoms with Crippen molar-refractivity contribution in [2.24, 2.45) is 14.1 Å². The number of nitrogens with zero attached hydrogens (tertiary/aromatic N) is 5. The molecule has 11 heteroatoms. The molecule has 0 N–H and O–H groups in total. The predicted octanol–water partition coefficient (Wildman–Crippen LogP) is 3.41. The van der Waals surface area contributed by atoms with Crippen LogP contribution < -0.4 is 16.0 Å². The second kappa shape index (κ2) is 10.1. The normalized spacial score (nSPS) is 14.4. The number of ether oxygens (including phenoxy) is 2. The predicted molar refractivity (Wildman–Crippen MR) is 138 cm³/mol. The zero-order chi connectivity index (χ0) is 25.4. The van der Waals surface area contributed by atoms with Gasteiger partial charge in [0.2, 0.25) is 0 Å². The van der Waals surface area contributed by atoms with Crippen molar-refractivity contribution in [3.05, 3.63) is 84.5 Å². The van der Waals surface area contributed by atoms with E-state index in [9.17, 15) is 9.59 Å². The van der Waals surface area contributed by atoms with Gasteiger partial charge in [-0.3, -0.25) is 23.4 Å². The number of hydrogen-bond donors (Lipinski definition) is 0. The molecule has 0 unspecified atom stereocenters. The molecule has 2 aromatic carbocycles. The van der Waals surface area contributed by atoms with Crippen LogP contribution in [-0.4, -0.2) is 49.9 Å². The lowest BCUT2D eigenvalue weighted by atomic mass is 10.2. The maximum atomic E-state index is 13.1. The molecule has 1 fully saturated rings. The quantitative estimate of drug-likeness (QED) is 0.380. The third-order valence-corrected chi connectivity index (χ3v) is 6.84. The molecule has 0 saturated carbocycles. The highest BCUT2D eigenvalue weighted by molar-refractivity contribution is 6.32. The Balaban J connectivity index is 1.58. The Morgan fingerprint density at radius 2 is 1.64 bits per heavy atom. The van der Waals surface area contributed by atoms with Crippen LogP contribution in [0.2, 0.25) is 10.0 Å². The van der Waals surface area contributed by atoms with Crippen molar-refractivity contribution in [3.63, 3.8) is 0 Å². The molecule has 0 spiro atoms. The molecule has 36 heavy (non-hydrogen) atoms. The molecule has 1 saturated heterocycles. The summed E-state index contributed by atoms with van der Waals surface area (Å²) in [6.07, 6.45) is 0.